The standard InChI is InChI=1S/3C32H27Cl4FN6O3/c3*1-6-20(44)42-10-9-41(13-16(42)5)29-17-11-19(33)27(21-22(34)24(36)25(37)30(45)23(21)35)40-31(17)43(32(46)18(29)12-38)28-15(4)7-8-39-26(28)14(2)3/h3*6-8,11,14,16,45H,1,9-10,13H2,2-5H3/t3*16-/m111/s1. The minimum atomic E-state index is -1.22. The Morgan fingerprint density at radius 2 is 0.630 bits per heavy atom. The quantitative estimate of drug-likeness (QED) is 0.0487. The first kappa shape index (κ1) is 104. The van der Waals surface area contributed by atoms with Gasteiger partial charge in [-0.2, -0.15) is 15.8 Å². The van der Waals surface area contributed by atoms with Crippen LogP contribution in [-0.2, 0) is 14.4 Å². The van der Waals surface area contributed by atoms with E-state index in [2.05, 4.69) is 52.9 Å². The van der Waals surface area contributed by atoms with Crippen molar-refractivity contribution in [2.45, 2.75) is 119 Å². The van der Waals surface area contributed by atoms with E-state index in [0.29, 0.717) is 106 Å². The third-order valence-electron chi connectivity index (χ3n) is 24.0. The number of pyridine rings is 9. The number of phenols is 3. The summed E-state index contributed by atoms with van der Waals surface area (Å²) in [5.41, 5.74) is 2.85. The van der Waals surface area contributed by atoms with Crippen molar-refractivity contribution in [3.63, 3.8) is 0 Å². The van der Waals surface area contributed by atoms with Crippen molar-refractivity contribution in [2.75, 3.05) is 73.6 Å². The fraction of sp³-hybridized carbons (Fsp3) is 0.281. The van der Waals surface area contributed by atoms with E-state index in [0.717, 1.165) is 0 Å². The summed E-state index contributed by atoms with van der Waals surface area (Å²) in [7, 11) is 0. The van der Waals surface area contributed by atoms with Gasteiger partial charge in [0.2, 0.25) is 17.7 Å². The highest BCUT2D eigenvalue weighted by Gasteiger charge is 2.40. The molecule has 3 aliphatic heterocycles. The molecule has 15 rings (SSSR count). The number of fused-ring (bicyclic) bond motifs is 3. The maximum absolute atomic E-state index is 14.6. The number of aryl methyl sites for hydroxylation is 3. The molecule has 27 nitrogen and oxygen atoms in total. The fourth-order valence-corrected chi connectivity index (χ4v) is 20.4. The molecular formula is C96H81Cl12F3N18O9. The van der Waals surface area contributed by atoms with E-state index in [9.17, 15) is 73.0 Å². The smallest absolute Gasteiger partial charge is 0.276 e. The largest absolute Gasteiger partial charge is 0.504 e. The number of carbonyl (C=O) groups excluding carboxylic acids is 3. The topological polar surface area (TPSA) is 346 Å². The van der Waals surface area contributed by atoms with E-state index in [4.69, 9.17) is 154 Å². The number of piperazine rings is 3. The van der Waals surface area contributed by atoms with Crippen molar-refractivity contribution in [3.05, 3.63) is 252 Å². The van der Waals surface area contributed by atoms with Crippen LogP contribution in [-0.4, -0.2) is 168 Å². The van der Waals surface area contributed by atoms with Gasteiger partial charge in [-0.05, 0) is 131 Å². The second-order valence-corrected chi connectivity index (χ2v) is 38.2. The predicted octanol–water partition coefficient (Wildman–Crippen LogP) is 22.3. The Bertz CT molecular complexity index is 6790. The monoisotopic (exact) mass is 2110 g/mol. The van der Waals surface area contributed by atoms with Gasteiger partial charge in [-0.3, -0.25) is 57.4 Å². The number of benzene rings is 3. The van der Waals surface area contributed by atoms with Gasteiger partial charge in [0.15, 0.2) is 34.7 Å². The van der Waals surface area contributed by atoms with Gasteiger partial charge in [-0.1, -0.05) is 200 Å². The molecule has 42 heteroatoms. The second kappa shape index (κ2) is 41.4. The number of aromatic hydroxyl groups is 3. The van der Waals surface area contributed by atoms with Crippen LogP contribution in [0.15, 0.2) is 107 Å². The lowest BCUT2D eigenvalue weighted by Gasteiger charge is -2.41. The number of rotatable bonds is 15. The van der Waals surface area contributed by atoms with Crippen LogP contribution in [0.1, 0.15) is 131 Å². The summed E-state index contributed by atoms with van der Waals surface area (Å²) in [5.74, 6) is -7.61. The van der Waals surface area contributed by atoms with Gasteiger partial charge in [0.05, 0.1) is 129 Å². The molecule has 9 aromatic heterocycles. The highest BCUT2D eigenvalue weighted by Crippen LogP contribution is 2.54. The first-order chi connectivity index (χ1) is 65.2. The highest BCUT2D eigenvalue weighted by atomic mass is 35.5. The Morgan fingerprint density at radius 3 is 0.833 bits per heavy atom. The normalized spacial score (nSPS) is 15.0. The van der Waals surface area contributed by atoms with Gasteiger partial charge >= 0.3 is 0 Å². The Kier molecular flexibility index (Phi) is 31.1. The molecule has 0 spiro atoms. The van der Waals surface area contributed by atoms with Gasteiger partial charge in [-0.25, -0.2) is 28.1 Å². The van der Waals surface area contributed by atoms with Crippen LogP contribution < -0.4 is 31.4 Å². The number of hydrogen-bond donors (Lipinski definition) is 3. The molecule has 0 saturated carbocycles. The Labute approximate surface area is 848 Å². The maximum atomic E-state index is 14.6. The molecule has 0 radical (unpaired) electrons. The molecule has 0 aliphatic carbocycles. The van der Waals surface area contributed by atoms with E-state index in [1.807, 2.05) is 77.0 Å². The first-order valence-corrected chi connectivity index (χ1v) is 46.9. The number of anilines is 3. The predicted molar refractivity (Wildman–Crippen MR) is 538 cm³/mol. The molecule has 0 unspecified atom stereocenters. The lowest BCUT2D eigenvalue weighted by Crippen LogP contribution is -2.54. The fourth-order valence-electron chi connectivity index (χ4n) is 17.4. The Hall–Kier alpha value is -11.6. The van der Waals surface area contributed by atoms with Crippen molar-refractivity contribution in [1.82, 2.24) is 58.3 Å². The van der Waals surface area contributed by atoms with Crippen molar-refractivity contribution in [3.8, 4) is 86.3 Å². The van der Waals surface area contributed by atoms with Crippen LogP contribution in [0.25, 0.3) is 83.9 Å². The summed E-state index contributed by atoms with van der Waals surface area (Å²) in [4.78, 5) is 119. The minimum Gasteiger partial charge on any atom is -0.504 e. The zero-order chi connectivity index (χ0) is 101. The van der Waals surface area contributed by atoms with E-state index in [1.54, 1.807) is 72.3 Å². The first-order valence-electron chi connectivity index (χ1n) is 42.4. The molecular weight excluding hydrogens is 2030 g/mol. The molecule has 12 heterocycles. The molecule has 3 N–H and O–H groups in total. The molecule has 3 atom stereocenters. The summed E-state index contributed by atoms with van der Waals surface area (Å²) in [6.45, 7) is 35.9. The molecule has 3 aromatic carbocycles. The summed E-state index contributed by atoms with van der Waals surface area (Å²) in [6.07, 6.45) is 8.62. The molecule has 12 aromatic rings. The van der Waals surface area contributed by atoms with E-state index in [-0.39, 0.29) is 188 Å². The number of phenolic OH excluding ortho intramolecular Hbond substituents is 3. The maximum Gasteiger partial charge on any atom is 0.276 e. The average molecular weight is 2110 g/mol. The zero-order valence-electron chi connectivity index (χ0n) is 75.4. The molecule has 3 saturated heterocycles. The number of nitriles is 3. The van der Waals surface area contributed by atoms with Crippen LogP contribution >= 0.6 is 139 Å². The molecule has 3 aliphatic rings. The van der Waals surface area contributed by atoms with Crippen LogP contribution in [0.4, 0.5) is 30.2 Å². The summed E-state index contributed by atoms with van der Waals surface area (Å²) < 4.78 is 47.6. The van der Waals surface area contributed by atoms with Crippen molar-refractivity contribution < 1.29 is 42.9 Å². The summed E-state index contributed by atoms with van der Waals surface area (Å²) >= 11 is 77.3. The highest BCUT2D eigenvalue weighted by molar-refractivity contribution is 6.50. The van der Waals surface area contributed by atoms with Gasteiger partial charge in [0.25, 0.3) is 16.7 Å². The Balaban J connectivity index is 0.000000175. The van der Waals surface area contributed by atoms with Gasteiger partial charge in [0.1, 0.15) is 51.8 Å². The summed E-state index contributed by atoms with van der Waals surface area (Å²) in [6, 6.07) is 15.2. The van der Waals surface area contributed by atoms with Crippen LogP contribution in [0.5, 0.6) is 17.2 Å². The van der Waals surface area contributed by atoms with E-state index >= 15 is 0 Å². The third kappa shape index (κ3) is 18.3. The van der Waals surface area contributed by atoms with Crippen LogP contribution in [0.2, 0.25) is 60.3 Å². The van der Waals surface area contributed by atoms with E-state index in [1.165, 1.54) is 50.1 Å². The van der Waals surface area contributed by atoms with Crippen molar-refractivity contribution in [2.24, 2.45) is 0 Å². The van der Waals surface area contributed by atoms with Gasteiger partial charge in [-0.15, -0.1) is 0 Å². The van der Waals surface area contributed by atoms with Crippen LogP contribution in [0.3, 0.4) is 0 Å². The molecule has 714 valence electrons. The second-order valence-electron chi connectivity index (χ2n) is 33.6. The lowest BCUT2D eigenvalue weighted by molar-refractivity contribution is -0.129. The van der Waals surface area contributed by atoms with Gasteiger partial charge < -0.3 is 44.7 Å². The Morgan fingerprint density at radius 1 is 0.399 bits per heavy atom. The van der Waals surface area contributed by atoms with Gasteiger partial charge in [0, 0.05) is 128 Å². The number of amides is 3. The SMILES string of the molecule is C=CC(=O)N1CCN(c2c(C#N)c(=O)n(-c3c(C)ccnc3C(C)C)c3nc(-c4c(Cl)c(O)c(F)c(Cl)c4Cl)c(Cl)cc23)C[C@H]1C.C=CC(=O)N1CCN(c2c(C#N)c(=O)n(-c3c(C)ccnc3C(C)C)c3nc(-c4c(Cl)c(O)c(F)c(Cl)c4Cl)c(Cl)cc23)C[C@H]1C.C=CC(=O)N1CCN(c2c(C#N)c(=O)n(-c3c(C)ccnc3C(C)C)c3nc(-c4c(Cl)c(O)c(F)c(Cl)c4Cl)c(Cl)cc23)C[C@H]1C. The van der Waals surface area contributed by atoms with Crippen molar-refractivity contribution >= 4 is 207 Å². The zero-order valence-corrected chi connectivity index (χ0v) is 84.5. The minimum absolute atomic E-state index is 0.0331. The summed E-state index contributed by atoms with van der Waals surface area (Å²) in [5, 5.41) is 59.2. The molecule has 0 bridgehead atoms. The molecule has 3 fully saturated rings. The van der Waals surface area contributed by atoms with Crippen LogP contribution in [0, 0.1) is 72.2 Å². The number of halogens is 15. The number of aromatic nitrogens is 9. The lowest BCUT2D eigenvalue weighted by atomic mass is 10.0. The number of hydrogen-bond acceptors (Lipinski definition) is 21. The number of nitrogens with zero attached hydrogens (tertiary/aromatic N) is 18. The molecule has 3 amide bonds. The van der Waals surface area contributed by atoms with Crippen molar-refractivity contribution in [1.29, 1.82) is 15.8 Å². The van der Waals surface area contributed by atoms with E-state index < -0.39 is 81.5 Å². The molecule has 138 heavy (non-hydrogen) atoms. The number of carbonyl (C=O) groups is 3. The average Bonchev–Trinajstić information content (AvgIpc) is 0.726. The third-order valence-corrected chi connectivity index (χ3v) is 28.4.